The Balaban J connectivity index is 1.91. The molecule has 1 aliphatic heterocycles. The molecule has 1 aromatic rings. The zero-order valence-corrected chi connectivity index (χ0v) is 11.3. The molecule has 18 heavy (non-hydrogen) atoms. The van der Waals surface area contributed by atoms with Crippen molar-refractivity contribution in [2.45, 2.75) is 39.3 Å². The first-order valence-corrected chi connectivity index (χ1v) is 6.47. The average molecular weight is 251 g/mol. The first kappa shape index (κ1) is 13.1. The number of piperidine rings is 1. The summed E-state index contributed by atoms with van der Waals surface area (Å²) in [4.78, 5) is 14.0. The van der Waals surface area contributed by atoms with E-state index in [1.54, 1.807) is 4.90 Å². The maximum absolute atomic E-state index is 12.3. The molecular weight excluding hydrogens is 230 g/mol. The Bertz CT molecular complexity index is 416. The van der Waals surface area contributed by atoms with Crippen LogP contribution in [-0.4, -0.2) is 35.6 Å². The number of carbonyl (C=O) groups excluding carboxylic acids is 1. The second-order valence-corrected chi connectivity index (χ2v) is 5.20. The smallest absolute Gasteiger partial charge is 0.225 e. The minimum atomic E-state index is 0.138. The third-order valence-electron chi connectivity index (χ3n) is 3.43. The van der Waals surface area contributed by atoms with Crippen LogP contribution in [0.25, 0.3) is 0 Å². The molecule has 1 aliphatic rings. The van der Waals surface area contributed by atoms with Gasteiger partial charge in [-0.2, -0.15) is 0 Å². The lowest BCUT2D eigenvalue weighted by atomic mass is 9.92. The summed E-state index contributed by atoms with van der Waals surface area (Å²) in [6, 6.07) is 2.30. The lowest BCUT2D eigenvalue weighted by Gasteiger charge is -2.30. The molecule has 2 unspecified atom stereocenters. The molecule has 2 rings (SSSR count). The Morgan fingerprint density at radius 2 is 2.44 bits per heavy atom. The minimum absolute atomic E-state index is 0.138. The minimum Gasteiger partial charge on any atom is -0.361 e. The number of aryl methyl sites for hydroxylation is 1. The van der Waals surface area contributed by atoms with Gasteiger partial charge in [-0.1, -0.05) is 5.16 Å². The third kappa shape index (κ3) is 3.10. The summed E-state index contributed by atoms with van der Waals surface area (Å²) in [6.45, 7) is 5.43. The van der Waals surface area contributed by atoms with E-state index in [1.807, 2.05) is 20.0 Å². The number of aromatic nitrogens is 1. The quantitative estimate of drug-likeness (QED) is 0.880. The fourth-order valence-electron chi connectivity index (χ4n) is 2.48. The highest BCUT2D eigenvalue weighted by Gasteiger charge is 2.27. The number of amides is 1. The molecule has 1 fully saturated rings. The highest BCUT2D eigenvalue weighted by atomic mass is 16.5. The van der Waals surface area contributed by atoms with Crippen molar-refractivity contribution >= 4 is 5.91 Å². The van der Waals surface area contributed by atoms with E-state index in [9.17, 15) is 4.79 Å². The van der Waals surface area contributed by atoms with Crippen LogP contribution in [-0.2, 0) is 11.3 Å². The van der Waals surface area contributed by atoms with Crippen LogP contribution in [0.1, 0.15) is 31.2 Å². The maximum Gasteiger partial charge on any atom is 0.225 e. The molecule has 100 valence electrons. The molecule has 0 bridgehead atoms. The molecule has 0 saturated carbocycles. The molecule has 5 nitrogen and oxygen atoms in total. The van der Waals surface area contributed by atoms with Gasteiger partial charge in [-0.05, 0) is 33.2 Å². The molecule has 2 atom stereocenters. The van der Waals surface area contributed by atoms with Crippen LogP contribution < -0.4 is 5.32 Å². The van der Waals surface area contributed by atoms with Gasteiger partial charge in [0.05, 0.1) is 6.54 Å². The van der Waals surface area contributed by atoms with Crippen LogP contribution in [0.3, 0.4) is 0 Å². The zero-order chi connectivity index (χ0) is 13.1. The van der Waals surface area contributed by atoms with Gasteiger partial charge in [-0.3, -0.25) is 4.79 Å². The molecule has 0 aliphatic carbocycles. The summed E-state index contributed by atoms with van der Waals surface area (Å²) in [5.74, 6) is 1.13. The topological polar surface area (TPSA) is 58.4 Å². The SMILES string of the molecule is Cc1cc(CN(C)C(=O)C2CCNC(C)C2)no1. The van der Waals surface area contributed by atoms with Crippen molar-refractivity contribution in [3.63, 3.8) is 0 Å². The fourth-order valence-corrected chi connectivity index (χ4v) is 2.48. The second-order valence-electron chi connectivity index (χ2n) is 5.20. The molecule has 2 heterocycles. The average Bonchev–Trinajstić information content (AvgIpc) is 2.73. The van der Waals surface area contributed by atoms with E-state index in [2.05, 4.69) is 17.4 Å². The summed E-state index contributed by atoms with van der Waals surface area (Å²) in [6.07, 6.45) is 1.84. The standard InChI is InChI=1S/C13H21N3O2/c1-9-6-11(4-5-14-9)13(17)16(3)8-12-7-10(2)18-15-12/h7,9,11,14H,4-6,8H2,1-3H3. The summed E-state index contributed by atoms with van der Waals surface area (Å²) in [5.41, 5.74) is 0.810. The van der Waals surface area contributed by atoms with Gasteiger partial charge in [-0.15, -0.1) is 0 Å². The number of rotatable bonds is 3. The van der Waals surface area contributed by atoms with Crippen LogP contribution in [0, 0.1) is 12.8 Å². The Labute approximate surface area is 108 Å². The second kappa shape index (κ2) is 5.52. The number of nitrogens with zero attached hydrogens (tertiary/aromatic N) is 2. The van der Waals surface area contributed by atoms with Gasteiger partial charge in [0, 0.05) is 25.1 Å². The number of hydrogen-bond acceptors (Lipinski definition) is 4. The van der Waals surface area contributed by atoms with Gasteiger partial charge in [0.25, 0.3) is 0 Å². The lowest BCUT2D eigenvalue weighted by Crippen LogP contribution is -2.42. The number of hydrogen-bond donors (Lipinski definition) is 1. The fraction of sp³-hybridized carbons (Fsp3) is 0.692. The number of carbonyl (C=O) groups is 1. The number of nitrogens with one attached hydrogen (secondary N) is 1. The van der Waals surface area contributed by atoms with Crippen LogP contribution in [0.4, 0.5) is 0 Å². The van der Waals surface area contributed by atoms with E-state index in [-0.39, 0.29) is 11.8 Å². The van der Waals surface area contributed by atoms with E-state index < -0.39 is 0 Å². The molecule has 0 radical (unpaired) electrons. The van der Waals surface area contributed by atoms with Crippen molar-refractivity contribution in [1.82, 2.24) is 15.4 Å². The highest BCUT2D eigenvalue weighted by Crippen LogP contribution is 2.19. The monoisotopic (exact) mass is 251 g/mol. The third-order valence-corrected chi connectivity index (χ3v) is 3.43. The predicted octanol–water partition coefficient (Wildman–Crippen LogP) is 1.33. The van der Waals surface area contributed by atoms with E-state index in [4.69, 9.17) is 4.52 Å². The molecule has 1 amide bonds. The summed E-state index contributed by atoms with van der Waals surface area (Å²) >= 11 is 0. The molecular formula is C13H21N3O2. The molecule has 0 spiro atoms. The molecule has 5 heteroatoms. The Hall–Kier alpha value is -1.36. The van der Waals surface area contributed by atoms with E-state index >= 15 is 0 Å². The van der Waals surface area contributed by atoms with Crippen LogP contribution in [0.2, 0.25) is 0 Å². The van der Waals surface area contributed by atoms with Crippen molar-refractivity contribution in [2.75, 3.05) is 13.6 Å². The van der Waals surface area contributed by atoms with Crippen LogP contribution in [0.5, 0.6) is 0 Å². The van der Waals surface area contributed by atoms with Crippen LogP contribution in [0.15, 0.2) is 10.6 Å². The van der Waals surface area contributed by atoms with Crippen molar-refractivity contribution in [3.05, 3.63) is 17.5 Å². The highest BCUT2D eigenvalue weighted by molar-refractivity contribution is 5.78. The Kier molecular flexibility index (Phi) is 4.01. The maximum atomic E-state index is 12.3. The lowest BCUT2D eigenvalue weighted by molar-refractivity contribution is -0.136. The van der Waals surface area contributed by atoms with Gasteiger partial charge < -0.3 is 14.7 Å². The molecule has 1 N–H and O–H groups in total. The van der Waals surface area contributed by atoms with E-state index in [0.717, 1.165) is 30.8 Å². The van der Waals surface area contributed by atoms with Gasteiger partial charge in [0.15, 0.2) is 0 Å². The van der Waals surface area contributed by atoms with Crippen molar-refractivity contribution in [2.24, 2.45) is 5.92 Å². The zero-order valence-electron chi connectivity index (χ0n) is 11.3. The summed E-state index contributed by atoms with van der Waals surface area (Å²) in [7, 11) is 1.83. The molecule has 0 aromatic carbocycles. The predicted molar refractivity (Wildman–Crippen MR) is 67.9 cm³/mol. The van der Waals surface area contributed by atoms with Gasteiger partial charge in [-0.25, -0.2) is 0 Å². The normalized spacial score (nSPS) is 23.9. The van der Waals surface area contributed by atoms with Gasteiger partial charge >= 0.3 is 0 Å². The van der Waals surface area contributed by atoms with Crippen molar-refractivity contribution in [1.29, 1.82) is 0 Å². The summed E-state index contributed by atoms with van der Waals surface area (Å²) in [5, 5.41) is 7.28. The van der Waals surface area contributed by atoms with Crippen molar-refractivity contribution < 1.29 is 9.32 Å². The molecule has 1 aromatic heterocycles. The first-order valence-electron chi connectivity index (χ1n) is 6.47. The van der Waals surface area contributed by atoms with Gasteiger partial charge in [0.1, 0.15) is 11.5 Å². The first-order chi connectivity index (χ1) is 8.56. The summed E-state index contributed by atoms with van der Waals surface area (Å²) < 4.78 is 5.01. The Morgan fingerprint density at radius 1 is 1.67 bits per heavy atom. The Morgan fingerprint density at radius 3 is 3.06 bits per heavy atom. The van der Waals surface area contributed by atoms with E-state index in [1.165, 1.54) is 0 Å². The van der Waals surface area contributed by atoms with Gasteiger partial charge in [0.2, 0.25) is 5.91 Å². The van der Waals surface area contributed by atoms with Crippen molar-refractivity contribution in [3.8, 4) is 0 Å². The largest absolute Gasteiger partial charge is 0.361 e. The molecule has 1 saturated heterocycles. The van der Waals surface area contributed by atoms with E-state index in [0.29, 0.717) is 12.6 Å². The van der Waals surface area contributed by atoms with Crippen LogP contribution >= 0.6 is 0 Å².